The van der Waals surface area contributed by atoms with Gasteiger partial charge in [-0.3, -0.25) is 4.90 Å². The SMILES string of the molecule is CCc1nc(C#N)c(NC[C@@H](c2ccc(F)cc2F)N2CCCC2)o1. The highest BCUT2D eigenvalue weighted by atomic mass is 19.1. The fraction of sp³-hybridized carbons (Fsp3) is 0.444. The fourth-order valence-electron chi connectivity index (χ4n) is 3.16. The molecule has 1 aromatic carbocycles. The molecule has 1 fully saturated rings. The average molecular weight is 346 g/mol. The van der Waals surface area contributed by atoms with Crippen molar-refractivity contribution in [1.82, 2.24) is 9.88 Å². The first-order valence-electron chi connectivity index (χ1n) is 8.45. The maximum atomic E-state index is 14.3. The summed E-state index contributed by atoms with van der Waals surface area (Å²) in [5.74, 6) is -0.384. The third-order valence-electron chi connectivity index (χ3n) is 4.44. The summed E-state index contributed by atoms with van der Waals surface area (Å²) in [4.78, 5) is 6.26. The van der Waals surface area contributed by atoms with Crippen molar-refractivity contribution in [3.8, 4) is 6.07 Å². The molecule has 0 radical (unpaired) electrons. The maximum Gasteiger partial charge on any atom is 0.232 e. The van der Waals surface area contributed by atoms with Gasteiger partial charge in [0.05, 0.1) is 6.04 Å². The van der Waals surface area contributed by atoms with E-state index in [2.05, 4.69) is 15.2 Å². The number of aromatic nitrogens is 1. The van der Waals surface area contributed by atoms with Gasteiger partial charge in [-0.15, -0.1) is 0 Å². The molecule has 1 saturated heterocycles. The van der Waals surface area contributed by atoms with Gasteiger partial charge in [0, 0.05) is 24.6 Å². The number of hydrogen-bond acceptors (Lipinski definition) is 5. The van der Waals surface area contributed by atoms with Gasteiger partial charge in [-0.1, -0.05) is 13.0 Å². The quantitative estimate of drug-likeness (QED) is 0.865. The fourth-order valence-corrected chi connectivity index (χ4v) is 3.16. The van der Waals surface area contributed by atoms with Crippen molar-refractivity contribution in [2.24, 2.45) is 0 Å². The summed E-state index contributed by atoms with van der Waals surface area (Å²) >= 11 is 0. The summed E-state index contributed by atoms with van der Waals surface area (Å²) in [6.07, 6.45) is 2.68. The molecule has 1 N–H and O–H groups in total. The molecule has 0 bridgehead atoms. The zero-order valence-electron chi connectivity index (χ0n) is 14.1. The van der Waals surface area contributed by atoms with E-state index in [0.717, 1.165) is 32.0 Å². The van der Waals surface area contributed by atoms with E-state index in [1.165, 1.54) is 12.1 Å². The van der Waals surface area contributed by atoms with Gasteiger partial charge in [-0.2, -0.15) is 5.26 Å². The van der Waals surface area contributed by atoms with Crippen molar-refractivity contribution in [1.29, 1.82) is 5.26 Å². The van der Waals surface area contributed by atoms with Crippen LogP contribution in [0.3, 0.4) is 0 Å². The Morgan fingerprint density at radius 3 is 2.76 bits per heavy atom. The summed E-state index contributed by atoms with van der Waals surface area (Å²) in [7, 11) is 0. The zero-order chi connectivity index (χ0) is 17.8. The maximum absolute atomic E-state index is 14.3. The Hall–Kier alpha value is -2.46. The van der Waals surface area contributed by atoms with Crippen LogP contribution in [0.4, 0.5) is 14.7 Å². The van der Waals surface area contributed by atoms with Crippen LogP contribution in [0.1, 0.15) is 43.0 Å². The van der Waals surface area contributed by atoms with Gasteiger partial charge in [0.25, 0.3) is 0 Å². The summed E-state index contributed by atoms with van der Waals surface area (Å²) in [6.45, 7) is 3.93. The minimum Gasteiger partial charge on any atom is -0.424 e. The molecule has 1 aromatic heterocycles. The lowest BCUT2D eigenvalue weighted by Crippen LogP contribution is -2.31. The highest BCUT2D eigenvalue weighted by molar-refractivity contribution is 5.45. The van der Waals surface area contributed by atoms with Gasteiger partial charge in [-0.25, -0.2) is 13.8 Å². The first-order chi connectivity index (χ1) is 12.1. The second kappa shape index (κ2) is 7.62. The van der Waals surface area contributed by atoms with Crippen LogP contribution in [0.2, 0.25) is 0 Å². The number of hydrogen-bond donors (Lipinski definition) is 1. The number of rotatable bonds is 6. The van der Waals surface area contributed by atoms with Crippen molar-refractivity contribution in [2.45, 2.75) is 32.2 Å². The van der Waals surface area contributed by atoms with Crippen LogP contribution in [0, 0.1) is 23.0 Å². The van der Waals surface area contributed by atoms with E-state index in [1.807, 2.05) is 13.0 Å². The lowest BCUT2D eigenvalue weighted by Gasteiger charge is -2.28. The topological polar surface area (TPSA) is 65.1 Å². The molecule has 3 rings (SSSR count). The van der Waals surface area contributed by atoms with Crippen LogP contribution in [0.15, 0.2) is 22.6 Å². The summed E-state index contributed by atoms with van der Waals surface area (Å²) in [6, 6.07) is 5.38. The number of nitriles is 1. The molecule has 0 spiro atoms. The number of halogens is 2. The first kappa shape index (κ1) is 17.4. The van der Waals surface area contributed by atoms with E-state index in [0.29, 0.717) is 30.3 Å². The molecule has 25 heavy (non-hydrogen) atoms. The standard InChI is InChI=1S/C18H20F2N4O/c1-2-17-23-15(10-21)18(25-17)22-11-16(24-7-3-4-8-24)13-6-5-12(19)9-14(13)20/h5-6,9,16,22H,2-4,7-8,11H2,1H3/t16-/m0/s1. The molecule has 5 nitrogen and oxygen atoms in total. The van der Waals surface area contributed by atoms with E-state index in [1.54, 1.807) is 0 Å². The van der Waals surface area contributed by atoms with Crippen molar-refractivity contribution in [3.63, 3.8) is 0 Å². The summed E-state index contributed by atoms with van der Waals surface area (Å²) in [5.41, 5.74) is 0.626. The normalized spacial score (nSPS) is 15.9. The molecule has 2 aromatic rings. The molecule has 1 aliphatic heterocycles. The molecule has 132 valence electrons. The Kier molecular flexibility index (Phi) is 5.29. The van der Waals surface area contributed by atoms with E-state index in [4.69, 9.17) is 4.42 Å². The number of nitrogens with one attached hydrogen (secondary N) is 1. The third kappa shape index (κ3) is 3.80. The van der Waals surface area contributed by atoms with Crippen LogP contribution in [0.25, 0.3) is 0 Å². The first-order valence-corrected chi connectivity index (χ1v) is 8.45. The highest BCUT2D eigenvalue weighted by Gasteiger charge is 2.26. The van der Waals surface area contributed by atoms with Crippen LogP contribution in [-0.4, -0.2) is 29.5 Å². The van der Waals surface area contributed by atoms with Gasteiger partial charge in [0.2, 0.25) is 11.6 Å². The largest absolute Gasteiger partial charge is 0.424 e. The van der Waals surface area contributed by atoms with Gasteiger partial charge < -0.3 is 9.73 Å². The van der Waals surface area contributed by atoms with Crippen LogP contribution >= 0.6 is 0 Å². The van der Waals surface area contributed by atoms with E-state index < -0.39 is 11.6 Å². The number of benzene rings is 1. The molecular formula is C18H20F2N4O. The van der Waals surface area contributed by atoms with Gasteiger partial charge >= 0.3 is 0 Å². The second-order valence-corrected chi connectivity index (χ2v) is 6.06. The van der Waals surface area contributed by atoms with E-state index in [-0.39, 0.29) is 11.7 Å². The smallest absolute Gasteiger partial charge is 0.232 e. The number of aryl methyl sites for hydroxylation is 1. The second-order valence-electron chi connectivity index (χ2n) is 6.06. The summed E-state index contributed by atoms with van der Waals surface area (Å²) < 4.78 is 33.1. The van der Waals surface area contributed by atoms with Gasteiger partial charge in [0.15, 0.2) is 5.89 Å². The monoisotopic (exact) mass is 346 g/mol. The molecule has 7 heteroatoms. The lowest BCUT2D eigenvalue weighted by atomic mass is 10.0. The lowest BCUT2D eigenvalue weighted by molar-refractivity contribution is 0.249. The molecule has 2 heterocycles. The average Bonchev–Trinajstić information content (AvgIpc) is 3.26. The minimum atomic E-state index is -0.594. The Morgan fingerprint density at radius 2 is 2.12 bits per heavy atom. The Morgan fingerprint density at radius 1 is 1.36 bits per heavy atom. The Balaban J connectivity index is 1.83. The zero-order valence-corrected chi connectivity index (χ0v) is 14.1. The number of likely N-dealkylation sites (tertiary alicyclic amines) is 1. The molecule has 1 atom stereocenters. The van der Waals surface area contributed by atoms with Gasteiger partial charge in [-0.05, 0) is 32.0 Å². The van der Waals surface area contributed by atoms with Crippen LogP contribution in [0.5, 0.6) is 0 Å². The van der Waals surface area contributed by atoms with Crippen molar-refractivity contribution < 1.29 is 13.2 Å². The van der Waals surface area contributed by atoms with Crippen molar-refractivity contribution in [3.05, 3.63) is 47.0 Å². The molecule has 0 amide bonds. The number of oxazole rings is 1. The number of nitrogens with zero attached hydrogens (tertiary/aromatic N) is 3. The van der Waals surface area contributed by atoms with Crippen molar-refractivity contribution >= 4 is 5.88 Å². The van der Waals surface area contributed by atoms with E-state index in [9.17, 15) is 14.0 Å². The predicted molar refractivity (Wildman–Crippen MR) is 89.0 cm³/mol. The Bertz CT molecular complexity index is 778. The van der Waals surface area contributed by atoms with Crippen molar-refractivity contribution in [2.75, 3.05) is 25.0 Å². The predicted octanol–water partition coefficient (Wildman–Crippen LogP) is 3.64. The third-order valence-corrected chi connectivity index (χ3v) is 4.44. The van der Waals surface area contributed by atoms with Gasteiger partial charge in [0.1, 0.15) is 17.7 Å². The summed E-state index contributed by atoms with van der Waals surface area (Å²) in [5, 5.41) is 12.3. The van der Waals surface area contributed by atoms with E-state index >= 15 is 0 Å². The Labute approximate surface area is 145 Å². The number of anilines is 1. The molecule has 1 aliphatic rings. The molecule has 0 saturated carbocycles. The highest BCUT2D eigenvalue weighted by Crippen LogP contribution is 2.28. The van der Waals surface area contributed by atoms with Crippen LogP contribution in [-0.2, 0) is 6.42 Å². The van der Waals surface area contributed by atoms with Crippen LogP contribution < -0.4 is 5.32 Å². The molecule has 0 unspecified atom stereocenters. The molecular weight excluding hydrogens is 326 g/mol. The molecule has 0 aliphatic carbocycles. The minimum absolute atomic E-state index is 0.191.